The molecule has 0 atom stereocenters. The van der Waals surface area contributed by atoms with Gasteiger partial charge in [0.1, 0.15) is 11.3 Å². The predicted octanol–water partition coefficient (Wildman–Crippen LogP) is 5.59. The van der Waals surface area contributed by atoms with Crippen LogP contribution in [0.3, 0.4) is 0 Å². The van der Waals surface area contributed by atoms with Crippen LogP contribution < -0.4 is 15.8 Å². The van der Waals surface area contributed by atoms with Crippen LogP contribution in [-0.4, -0.2) is 21.3 Å². The number of rotatable bonds is 4. The van der Waals surface area contributed by atoms with Gasteiger partial charge in [0.15, 0.2) is 21.6 Å². The number of anilines is 3. The first-order valence-corrected chi connectivity index (χ1v) is 9.65. The first-order valence-electron chi connectivity index (χ1n) is 8.83. The van der Waals surface area contributed by atoms with Gasteiger partial charge in [-0.3, -0.25) is 0 Å². The van der Waals surface area contributed by atoms with Gasteiger partial charge in [0, 0.05) is 11.3 Å². The Kier molecular flexibility index (Phi) is 4.94. The number of aryl methyl sites for hydroxylation is 2. The van der Waals surface area contributed by atoms with Crippen LogP contribution in [0.2, 0.25) is 0 Å². The Bertz CT molecular complexity index is 1200. The molecule has 3 N–H and O–H groups in total. The molecule has 154 valence electrons. The summed E-state index contributed by atoms with van der Waals surface area (Å²) >= 11 is 1.24. The Hall–Kier alpha value is -3.40. The van der Waals surface area contributed by atoms with Gasteiger partial charge in [0.25, 0.3) is 0 Å². The van der Waals surface area contributed by atoms with Gasteiger partial charge in [-0.1, -0.05) is 29.5 Å². The molecular formula is C20H16F3N5OS. The van der Waals surface area contributed by atoms with Gasteiger partial charge in [-0.25, -0.2) is 15.0 Å². The number of nitrogen functional groups attached to an aromatic ring is 1. The van der Waals surface area contributed by atoms with Gasteiger partial charge in [-0.05, 0) is 49.2 Å². The van der Waals surface area contributed by atoms with Crippen molar-refractivity contribution in [2.24, 2.45) is 0 Å². The molecule has 2 heterocycles. The standard InChI is InChI=1S/C20H16F3N5OS/c1-10-4-3-5-11(2)14(10)16-27-17(15-18(28-16)30-19(24)26-15)25-12-6-8-13(9-7-12)29-20(21,22)23/h3-9H,1-2H3,(H2,24,26)(H,25,27,28). The number of halogens is 3. The highest BCUT2D eigenvalue weighted by Crippen LogP contribution is 2.34. The van der Waals surface area contributed by atoms with E-state index in [2.05, 4.69) is 25.0 Å². The molecule has 0 spiro atoms. The van der Waals surface area contributed by atoms with E-state index < -0.39 is 6.36 Å². The van der Waals surface area contributed by atoms with Crippen molar-refractivity contribution in [2.75, 3.05) is 11.1 Å². The van der Waals surface area contributed by atoms with Crippen molar-refractivity contribution in [3.63, 3.8) is 0 Å². The fourth-order valence-electron chi connectivity index (χ4n) is 3.08. The summed E-state index contributed by atoms with van der Waals surface area (Å²) < 4.78 is 41.0. The molecule has 0 saturated carbocycles. The number of nitrogens with one attached hydrogen (secondary N) is 1. The molecular weight excluding hydrogens is 415 g/mol. The van der Waals surface area contributed by atoms with Gasteiger partial charge >= 0.3 is 6.36 Å². The van der Waals surface area contributed by atoms with E-state index in [1.54, 1.807) is 0 Å². The average Bonchev–Trinajstić information content (AvgIpc) is 3.02. The topological polar surface area (TPSA) is 86.0 Å². The molecule has 0 aliphatic carbocycles. The molecule has 6 nitrogen and oxygen atoms in total. The minimum atomic E-state index is -4.74. The lowest BCUT2D eigenvalue weighted by Crippen LogP contribution is -2.16. The van der Waals surface area contributed by atoms with Crippen molar-refractivity contribution >= 4 is 38.3 Å². The number of hydrogen-bond donors (Lipinski definition) is 2. The summed E-state index contributed by atoms with van der Waals surface area (Å²) in [5.41, 5.74) is 9.82. The van der Waals surface area contributed by atoms with E-state index in [1.165, 1.54) is 35.6 Å². The third-order valence-electron chi connectivity index (χ3n) is 4.33. The number of nitrogens with zero attached hydrogens (tertiary/aromatic N) is 3. The first kappa shape index (κ1) is 19.9. The van der Waals surface area contributed by atoms with Crippen LogP contribution in [0.1, 0.15) is 11.1 Å². The van der Waals surface area contributed by atoms with Crippen molar-refractivity contribution in [2.45, 2.75) is 20.2 Å². The largest absolute Gasteiger partial charge is 0.573 e. The number of ether oxygens (including phenoxy) is 1. The van der Waals surface area contributed by atoms with E-state index in [1.807, 2.05) is 32.0 Å². The second-order valence-corrected chi connectivity index (χ2v) is 7.57. The van der Waals surface area contributed by atoms with Crippen LogP contribution in [-0.2, 0) is 0 Å². The number of thiazole rings is 1. The quantitative estimate of drug-likeness (QED) is 0.438. The summed E-state index contributed by atoms with van der Waals surface area (Å²) in [5.74, 6) is 0.617. The minimum absolute atomic E-state index is 0.310. The highest BCUT2D eigenvalue weighted by atomic mass is 32.1. The van der Waals surface area contributed by atoms with Crippen molar-refractivity contribution in [1.29, 1.82) is 0 Å². The Morgan fingerprint density at radius 3 is 2.27 bits per heavy atom. The molecule has 2 aromatic heterocycles. The summed E-state index contributed by atoms with van der Waals surface area (Å²) in [6, 6.07) is 11.3. The zero-order chi connectivity index (χ0) is 21.5. The van der Waals surface area contributed by atoms with E-state index in [0.717, 1.165) is 16.7 Å². The number of aromatic nitrogens is 3. The van der Waals surface area contributed by atoms with Crippen LogP contribution in [0.25, 0.3) is 21.7 Å². The Morgan fingerprint density at radius 2 is 1.63 bits per heavy atom. The van der Waals surface area contributed by atoms with E-state index in [9.17, 15) is 13.2 Å². The normalized spacial score (nSPS) is 11.6. The zero-order valence-electron chi connectivity index (χ0n) is 15.9. The molecule has 0 unspecified atom stereocenters. The third-order valence-corrected chi connectivity index (χ3v) is 5.11. The lowest BCUT2D eigenvalue weighted by atomic mass is 10.0. The molecule has 0 amide bonds. The van der Waals surface area contributed by atoms with Crippen LogP contribution in [0, 0.1) is 13.8 Å². The Balaban J connectivity index is 1.75. The van der Waals surface area contributed by atoms with Crippen LogP contribution >= 0.6 is 11.3 Å². The molecule has 0 aliphatic heterocycles. The number of benzene rings is 2. The lowest BCUT2D eigenvalue weighted by Gasteiger charge is -2.12. The average molecular weight is 431 g/mol. The Morgan fingerprint density at radius 1 is 0.967 bits per heavy atom. The predicted molar refractivity (Wildman–Crippen MR) is 111 cm³/mol. The van der Waals surface area contributed by atoms with E-state index in [0.29, 0.717) is 32.8 Å². The minimum Gasteiger partial charge on any atom is -0.406 e. The molecule has 0 bridgehead atoms. The van der Waals surface area contributed by atoms with Crippen molar-refractivity contribution < 1.29 is 17.9 Å². The molecule has 2 aromatic carbocycles. The highest BCUT2D eigenvalue weighted by molar-refractivity contribution is 7.21. The molecule has 0 saturated heterocycles. The van der Waals surface area contributed by atoms with Gasteiger partial charge in [-0.15, -0.1) is 13.2 Å². The SMILES string of the molecule is Cc1cccc(C)c1-c1nc(Nc2ccc(OC(F)(F)F)cc2)c2nc(N)sc2n1. The van der Waals surface area contributed by atoms with Crippen LogP contribution in [0.5, 0.6) is 5.75 Å². The highest BCUT2D eigenvalue weighted by Gasteiger charge is 2.31. The van der Waals surface area contributed by atoms with E-state index in [4.69, 9.17) is 5.73 Å². The van der Waals surface area contributed by atoms with E-state index >= 15 is 0 Å². The smallest absolute Gasteiger partial charge is 0.406 e. The zero-order valence-corrected chi connectivity index (χ0v) is 16.7. The summed E-state index contributed by atoms with van der Waals surface area (Å²) in [6.07, 6.45) is -4.74. The van der Waals surface area contributed by atoms with Gasteiger partial charge in [-0.2, -0.15) is 0 Å². The maximum atomic E-state index is 12.4. The molecule has 4 aromatic rings. The van der Waals surface area contributed by atoms with E-state index in [-0.39, 0.29) is 5.75 Å². The maximum Gasteiger partial charge on any atom is 0.573 e. The number of alkyl halides is 3. The molecule has 10 heteroatoms. The van der Waals surface area contributed by atoms with Gasteiger partial charge in [0.2, 0.25) is 0 Å². The number of fused-ring (bicyclic) bond motifs is 1. The summed E-state index contributed by atoms with van der Waals surface area (Å²) in [7, 11) is 0. The number of nitrogens with two attached hydrogens (primary N) is 1. The third kappa shape index (κ3) is 4.13. The van der Waals surface area contributed by atoms with Crippen molar-refractivity contribution in [3.05, 3.63) is 53.6 Å². The maximum absolute atomic E-state index is 12.4. The fourth-order valence-corrected chi connectivity index (χ4v) is 3.79. The second-order valence-electron chi connectivity index (χ2n) is 6.57. The van der Waals surface area contributed by atoms with Gasteiger partial charge in [0.05, 0.1) is 0 Å². The molecule has 4 rings (SSSR count). The fraction of sp³-hybridized carbons (Fsp3) is 0.150. The summed E-state index contributed by atoms with van der Waals surface area (Å²) in [6.45, 7) is 3.95. The van der Waals surface area contributed by atoms with Crippen LogP contribution in [0.4, 0.5) is 29.8 Å². The first-order chi connectivity index (χ1) is 14.2. The lowest BCUT2D eigenvalue weighted by molar-refractivity contribution is -0.274. The summed E-state index contributed by atoms with van der Waals surface area (Å²) in [5, 5.41) is 3.44. The van der Waals surface area contributed by atoms with Crippen LogP contribution in [0.15, 0.2) is 42.5 Å². The van der Waals surface area contributed by atoms with Gasteiger partial charge < -0.3 is 15.8 Å². The summed E-state index contributed by atoms with van der Waals surface area (Å²) in [4.78, 5) is 14.2. The molecule has 0 fully saturated rings. The molecule has 30 heavy (non-hydrogen) atoms. The van der Waals surface area contributed by atoms with Crippen molar-refractivity contribution in [3.8, 4) is 17.1 Å². The molecule has 0 radical (unpaired) electrons. The number of hydrogen-bond acceptors (Lipinski definition) is 7. The Labute approximate surface area is 173 Å². The molecule has 0 aliphatic rings. The second kappa shape index (κ2) is 7.45. The monoisotopic (exact) mass is 431 g/mol. The van der Waals surface area contributed by atoms with Crippen molar-refractivity contribution in [1.82, 2.24) is 15.0 Å².